The first-order valence-corrected chi connectivity index (χ1v) is 9.89. The average molecular weight is 372 g/mol. The highest BCUT2D eigenvalue weighted by molar-refractivity contribution is 7.99. The van der Waals surface area contributed by atoms with E-state index >= 15 is 0 Å². The third kappa shape index (κ3) is 4.63. The van der Waals surface area contributed by atoms with E-state index in [0.717, 1.165) is 17.7 Å². The van der Waals surface area contributed by atoms with Crippen LogP contribution in [0.25, 0.3) is 0 Å². The van der Waals surface area contributed by atoms with Crippen LogP contribution in [0.15, 0.2) is 53.6 Å². The molecular weight excluding hydrogens is 348 g/mol. The Morgan fingerprint density at radius 3 is 2.54 bits per heavy atom. The number of aliphatic hydroxyl groups is 2. The molecule has 1 unspecified atom stereocenters. The van der Waals surface area contributed by atoms with Crippen LogP contribution in [0.4, 0.5) is 0 Å². The van der Waals surface area contributed by atoms with Gasteiger partial charge in [-0.1, -0.05) is 6.07 Å². The molecule has 0 radical (unpaired) electrons. The number of benzene rings is 1. The number of likely N-dealkylation sites (tertiary alicyclic amines) is 1. The Labute approximate surface area is 158 Å². The van der Waals surface area contributed by atoms with E-state index in [4.69, 9.17) is 5.11 Å². The quantitative estimate of drug-likeness (QED) is 0.763. The zero-order valence-electron chi connectivity index (χ0n) is 14.6. The van der Waals surface area contributed by atoms with E-state index in [1.54, 1.807) is 18.0 Å². The van der Waals surface area contributed by atoms with Crippen molar-refractivity contribution in [3.63, 3.8) is 0 Å². The molecular formula is C20H24N2O3S. The fourth-order valence-corrected chi connectivity index (χ4v) is 3.91. The Balaban J connectivity index is 1.55. The number of aliphatic hydroxyl groups excluding tert-OH is 2. The predicted octanol–water partition coefficient (Wildman–Crippen LogP) is 2.75. The van der Waals surface area contributed by atoms with Crippen molar-refractivity contribution in [3.8, 4) is 0 Å². The molecule has 0 spiro atoms. The molecule has 2 heterocycles. The second-order valence-corrected chi connectivity index (χ2v) is 7.59. The van der Waals surface area contributed by atoms with Crippen LogP contribution < -0.4 is 0 Å². The molecule has 1 aromatic carbocycles. The molecule has 0 bridgehead atoms. The van der Waals surface area contributed by atoms with Crippen molar-refractivity contribution in [2.75, 3.05) is 25.4 Å². The zero-order chi connectivity index (χ0) is 18.4. The zero-order valence-corrected chi connectivity index (χ0v) is 15.4. The van der Waals surface area contributed by atoms with Crippen LogP contribution in [0.3, 0.4) is 0 Å². The van der Waals surface area contributed by atoms with E-state index in [9.17, 15) is 9.90 Å². The molecule has 1 fully saturated rings. The molecule has 2 aromatic rings. The first-order valence-electron chi connectivity index (χ1n) is 8.91. The minimum Gasteiger partial charge on any atom is -0.396 e. The van der Waals surface area contributed by atoms with Gasteiger partial charge in [0.15, 0.2) is 0 Å². The van der Waals surface area contributed by atoms with Crippen molar-refractivity contribution in [2.24, 2.45) is 5.92 Å². The standard InChI is InChI=1S/C20H24N2O3S/c23-13-14-26-17-6-4-16(5-7-17)20(25)22-11-8-15(9-12-22)19(24)18-3-1-2-10-21-18/h1-7,10,15,19,23-24H,8-9,11-14H2. The predicted molar refractivity (Wildman–Crippen MR) is 102 cm³/mol. The van der Waals surface area contributed by atoms with Gasteiger partial charge >= 0.3 is 0 Å². The highest BCUT2D eigenvalue weighted by atomic mass is 32.2. The summed E-state index contributed by atoms with van der Waals surface area (Å²) in [5.74, 6) is 0.819. The first-order chi connectivity index (χ1) is 12.7. The van der Waals surface area contributed by atoms with E-state index in [2.05, 4.69) is 4.98 Å². The summed E-state index contributed by atoms with van der Waals surface area (Å²) in [5, 5.41) is 19.4. The van der Waals surface area contributed by atoms with Gasteiger partial charge in [0, 0.05) is 35.5 Å². The molecule has 6 heteroatoms. The topological polar surface area (TPSA) is 73.7 Å². The summed E-state index contributed by atoms with van der Waals surface area (Å²) in [7, 11) is 0. The Hall–Kier alpha value is -1.89. The lowest BCUT2D eigenvalue weighted by atomic mass is 9.89. The van der Waals surface area contributed by atoms with E-state index < -0.39 is 6.10 Å². The van der Waals surface area contributed by atoms with Crippen LogP contribution in [-0.2, 0) is 0 Å². The lowest BCUT2D eigenvalue weighted by Gasteiger charge is -2.34. The van der Waals surface area contributed by atoms with Crippen LogP contribution in [0.5, 0.6) is 0 Å². The SMILES string of the molecule is O=C(c1ccc(SCCO)cc1)N1CCC(C(O)c2ccccn2)CC1. The van der Waals surface area contributed by atoms with Gasteiger partial charge < -0.3 is 15.1 Å². The number of amides is 1. The number of hydrogen-bond acceptors (Lipinski definition) is 5. The third-order valence-corrected chi connectivity index (χ3v) is 5.72. The average Bonchev–Trinajstić information content (AvgIpc) is 2.72. The van der Waals surface area contributed by atoms with Crippen molar-refractivity contribution in [2.45, 2.75) is 23.8 Å². The molecule has 1 atom stereocenters. The molecule has 2 N–H and O–H groups in total. The Morgan fingerprint density at radius 2 is 1.92 bits per heavy atom. The fraction of sp³-hybridized carbons (Fsp3) is 0.400. The fourth-order valence-electron chi connectivity index (χ4n) is 3.25. The van der Waals surface area contributed by atoms with E-state index in [1.807, 2.05) is 47.4 Å². The largest absolute Gasteiger partial charge is 0.396 e. The molecule has 1 aromatic heterocycles. The number of nitrogens with zero attached hydrogens (tertiary/aromatic N) is 2. The maximum absolute atomic E-state index is 12.7. The molecule has 1 saturated heterocycles. The van der Waals surface area contributed by atoms with Gasteiger partial charge in [-0.2, -0.15) is 0 Å². The lowest BCUT2D eigenvalue weighted by Crippen LogP contribution is -2.39. The third-order valence-electron chi connectivity index (χ3n) is 4.73. The van der Waals surface area contributed by atoms with Gasteiger partial charge in [0.25, 0.3) is 5.91 Å². The van der Waals surface area contributed by atoms with Crippen molar-refractivity contribution in [1.29, 1.82) is 0 Å². The highest BCUT2D eigenvalue weighted by Crippen LogP contribution is 2.30. The van der Waals surface area contributed by atoms with E-state index in [1.165, 1.54) is 0 Å². The number of carbonyl (C=O) groups excluding carboxylic acids is 1. The summed E-state index contributed by atoms with van der Waals surface area (Å²) < 4.78 is 0. The number of thioether (sulfide) groups is 1. The molecule has 0 saturated carbocycles. The molecule has 0 aliphatic carbocycles. The second-order valence-electron chi connectivity index (χ2n) is 6.43. The van der Waals surface area contributed by atoms with Gasteiger partial charge in [-0.3, -0.25) is 9.78 Å². The van der Waals surface area contributed by atoms with Crippen molar-refractivity contribution in [3.05, 3.63) is 59.9 Å². The van der Waals surface area contributed by atoms with Gasteiger partial charge in [-0.05, 0) is 55.2 Å². The first kappa shape index (κ1) is 18.9. The number of rotatable bonds is 6. The van der Waals surface area contributed by atoms with Crippen LogP contribution in [0, 0.1) is 5.92 Å². The molecule has 1 amide bonds. The van der Waals surface area contributed by atoms with E-state index in [-0.39, 0.29) is 18.4 Å². The highest BCUT2D eigenvalue weighted by Gasteiger charge is 2.29. The Morgan fingerprint density at radius 1 is 1.19 bits per heavy atom. The van der Waals surface area contributed by atoms with Crippen LogP contribution in [0.2, 0.25) is 0 Å². The molecule has 1 aliphatic heterocycles. The van der Waals surface area contributed by atoms with Gasteiger partial charge in [0.2, 0.25) is 0 Å². The minimum atomic E-state index is -0.573. The van der Waals surface area contributed by atoms with Gasteiger partial charge in [0.1, 0.15) is 0 Å². The number of piperidine rings is 1. The molecule has 3 rings (SSSR count). The van der Waals surface area contributed by atoms with Crippen LogP contribution in [-0.4, -0.2) is 51.5 Å². The van der Waals surface area contributed by atoms with Crippen molar-refractivity contribution >= 4 is 17.7 Å². The number of carbonyl (C=O) groups is 1. The number of aromatic nitrogens is 1. The smallest absolute Gasteiger partial charge is 0.253 e. The lowest BCUT2D eigenvalue weighted by molar-refractivity contribution is 0.0447. The van der Waals surface area contributed by atoms with Crippen molar-refractivity contribution < 1.29 is 15.0 Å². The summed E-state index contributed by atoms with van der Waals surface area (Å²) in [6.07, 6.45) is 2.66. The van der Waals surface area contributed by atoms with Gasteiger partial charge in [-0.15, -0.1) is 11.8 Å². The summed E-state index contributed by atoms with van der Waals surface area (Å²) >= 11 is 1.57. The Kier molecular flexibility index (Phi) is 6.66. The normalized spacial score (nSPS) is 16.5. The maximum atomic E-state index is 12.7. The van der Waals surface area contributed by atoms with Gasteiger partial charge in [0.05, 0.1) is 18.4 Å². The number of pyridine rings is 1. The summed E-state index contributed by atoms with van der Waals surface area (Å²) in [5.41, 5.74) is 1.38. The maximum Gasteiger partial charge on any atom is 0.253 e. The molecule has 5 nitrogen and oxygen atoms in total. The summed E-state index contributed by atoms with van der Waals surface area (Å²) in [4.78, 5) is 19.8. The molecule has 26 heavy (non-hydrogen) atoms. The van der Waals surface area contributed by atoms with E-state index in [0.29, 0.717) is 30.1 Å². The summed E-state index contributed by atoms with van der Waals surface area (Å²) in [6, 6.07) is 13.1. The van der Waals surface area contributed by atoms with Crippen LogP contribution >= 0.6 is 11.8 Å². The monoisotopic (exact) mass is 372 g/mol. The number of hydrogen-bond donors (Lipinski definition) is 2. The van der Waals surface area contributed by atoms with Crippen molar-refractivity contribution in [1.82, 2.24) is 9.88 Å². The molecule has 1 aliphatic rings. The Bertz CT molecular complexity index is 701. The van der Waals surface area contributed by atoms with Gasteiger partial charge in [-0.25, -0.2) is 0 Å². The van der Waals surface area contributed by atoms with Crippen LogP contribution in [0.1, 0.15) is 35.0 Å². The summed E-state index contributed by atoms with van der Waals surface area (Å²) in [6.45, 7) is 1.44. The second kappa shape index (κ2) is 9.16. The minimum absolute atomic E-state index is 0.0366. The molecule has 138 valence electrons.